The lowest BCUT2D eigenvalue weighted by molar-refractivity contribution is 0.283. The van der Waals surface area contributed by atoms with Gasteiger partial charge in [-0.1, -0.05) is 105 Å². The zero-order chi connectivity index (χ0) is 19.8. The van der Waals surface area contributed by atoms with Gasteiger partial charge in [0.05, 0.1) is 0 Å². The highest BCUT2D eigenvalue weighted by Crippen LogP contribution is 2.49. The molecule has 0 aliphatic carbocycles. The Balaban J connectivity index is 2.55. The van der Waals surface area contributed by atoms with Crippen LogP contribution >= 0.6 is 0 Å². The van der Waals surface area contributed by atoms with E-state index in [9.17, 15) is 0 Å². The molecule has 0 spiro atoms. The molecule has 1 nitrogen and oxygen atoms in total. The van der Waals surface area contributed by atoms with Gasteiger partial charge in [-0.3, -0.25) is 0 Å². The average Bonchev–Trinajstić information content (AvgIpc) is 2.55. The second kappa shape index (κ2) is 7.38. The Morgan fingerprint density at radius 2 is 1.19 bits per heavy atom. The number of allylic oxidation sites excluding steroid dienone is 2. The molecule has 0 saturated heterocycles. The van der Waals surface area contributed by atoms with Crippen LogP contribution in [-0.2, 0) is 5.41 Å². The molecule has 0 bridgehead atoms. The molecule has 0 aromatic heterocycles. The van der Waals surface area contributed by atoms with Crippen LogP contribution in [0.25, 0.3) is 0 Å². The molecule has 0 amide bonds. The summed E-state index contributed by atoms with van der Waals surface area (Å²) in [5, 5.41) is 0. The maximum atomic E-state index is 2.64. The van der Waals surface area contributed by atoms with Gasteiger partial charge in [0.15, 0.2) is 8.24 Å². The van der Waals surface area contributed by atoms with Gasteiger partial charge in [-0.05, 0) is 40.0 Å². The van der Waals surface area contributed by atoms with Gasteiger partial charge < -0.3 is 4.57 Å². The van der Waals surface area contributed by atoms with Gasteiger partial charge >= 0.3 is 0 Å². The summed E-state index contributed by atoms with van der Waals surface area (Å²) in [5.41, 5.74) is 3.55. The van der Waals surface area contributed by atoms with E-state index in [4.69, 9.17) is 0 Å². The van der Waals surface area contributed by atoms with Crippen molar-refractivity contribution in [2.24, 2.45) is 5.41 Å². The third-order valence-electron chi connectivity index (χ3n) is 6.71. The van der Waals surface area contributed by atoms with Crippen molar-refractivity contribution in [3.63, 3.8) is 0 Å². The standard InChI is InChI=1S/C24H39NSi/c1-19(2)26(20(3)4,21(5)6)25-17-15-24(16-18-25,23(7,8)9)22-13-11-10-12-14-22/h10-21H,1-9H3. The Morgan fingerprint density at radius 3 is 1.54 bits per heavy atom. The highest BCUT2D eigenvalue weighted by Gasteiger charge is 2.49. The third kappa shape index (κ3) is 3.22. The molecular weight excluding hydrogens is 330 g/mol. The molecule has 26 heavy (non-hydrogen) atoms. The predicted molar refractivity (Wildman–Crippen MR) is 119 cm³/mol. The topological polar surface area (TPSA) is 3.24 Å². The maximum absolute atomic E-state index is 2.64. The Kier molecular flexibility index (Phi) is 5.97. The maximum Gasteiger partial charge on any atom is 0.168 e. The molecule has 2 rings (SSSR count). The van der Waals surface area contributed by atoms with Crippen LogP contribution in [0, 0.1) is 5.41 Å². The average molecular weight is 370 g/mol. The van der Waals surface area contributed by atoms with Crippen molar-refractivity contribution < 1.29 is 0 Å². The smallest absolute Gasteiger partial charge is 0.168 e. The van der Waals surface area contributed by atoms with Gasteiger partial charge in [0.2, 0.25) is 0 Å². The molecule has 0 fully saturated rings. The van der Waals surface area contributed by atoms with Crippen molar-refractivity contribution in [1.82, 2.24) is 4.57 Å². The fourth-order valence-corrected chi connectivity index (χ4v) is 11.9. The first-order valence-corrected chi connectivity index (χ1v) is 12.4. The molecule has 144 valence electrons. The number of nitrogens with zero attached hydrogens (tertiary/aromatic N) is 1. The van der Waals surface area contributed by atoms with E-state index in [1.54, 1.807) is 0 Å². The van der Waals surface area contributed by atoms with Crippen molar-refractivity contribution in [2.75, 3.05) is 0 Å². The van der Waals surface area contributed by atoms with Crippen LogP contribution in [-0.4, -0.2) is 12.8 Å². The summed E-state index contributed by atoms with van der Waals surface area (Å²) in [5.74, 6) is 0. The van der Waals surface area contributed by atoms with Crippen LogP contribution in [0.3, 0.4) is 0 Å². The fraction of sp³-hybridized carbons (Fsp3) is 0.583. The highest BCUT2D eigenvalue weighted by molar-refractivity contribution is 6.81. The Bertz CT molecular complexity index is 611. The van der Waals surface area contributed by atoms with Crippen LogP contribution in [0.1, 0.15) is 67.9 Å². The first-order chi connectivity index (χ1) is 12.0. The molecule has 1 aliphatic heterocycles. The largest absolute Gasteiger partial charge is 0.380 e. The molecule has 1 aliphatic rings. The summed E-state index contributed by atoms with van der Waals surface area (Å²) >= 11 is 0. The Hall–Kier alpha value is -1.28. The van der Waals surface area contributed by atoms with E-state index < -0.39 is 8.24 Å². The summed E-state index contributed by atoms with van der Waals surface area (Å²) in [4.78, 5) is 0. The second-order valence-electron chi connectivity index (χ2n) is 9.88. The zero-order valence-electron chi connectivity index (χ0n) is 18.4. The van der Waals surface area contributed by atoms with Crippen molar-refractivity contribution in [3.8, 4) is 0 Å². The van der Waals surface area contributed by atoms with Crippen molar-refractivity contribution in [1.29, 1.82) is 0 Å². The summed E-state index contributed by atoms with van der Waals surface area (Å²) in [6.07, 6.45) is 9.78. The van der Waals surface area contributed by atoms with Gasteiger partial charge in [-0.25, -0.2) is 0 Å². The minimum atomic E-state index is -1.69. The number of hydrogen-bond donors (Lipinski definition) is 0. The monoisotopic (exact) mass is 369 g/mol. The van der Waals surface area contributed by atoms with Gasteiger partial charge in [0, 0.05) is 5.41 Å². The molecule has 1 heterocycles. The number of rotatable bonds is 5. The number of hydrogen-bond acceptors (Lipinski definition) is 1. The molecule has 2 heteroatoms. The molecule has 0 saturated carbocycles. The Morgan fingerprint density at radius 1 is 0.769 bits per heavy atom. The first kappa shape index (κ1) is 21.0. The molecule has 0 N–H and O–H groups in total. The molecule has 1 aromatic rings. The second-order valence-corrected chi connectivity index (χ2v) is 15.6. The van der Waals surface area contributed by atoms with Gasteiger partial charge in [0.25, 0.3) is 0 Å². The summed E-state index contributed by atoms with van der Waals surface area (Å²) < 4.78 is 2.64. The zero-order valence-corrected chi connectivity index (χ0v) is 19.4. The van der Waals surface area contributed by atoms with E-state index in [-0.39, 0.29) is 10.8 Å². The molecule has 1 aromatic carbocycles. The summed E-state index contributed by atoms with van der Waals surface area (Å²) in [6.45, 7) is 21.6. The quantitative estimate of drug-likeness (QED) is 0.486. The van der Waals surface area contributed by atoms with E-state index in [2.05, 4.69) is 122 Å². The lowest BCUT2D eigenvalue weighted by atomic mass is 9.62. The molecule has 0 radical (unpaired) electrons. The normalized spacial score (nSPS) is 17.6. The molecular formula is C24H39NSi. The van der Waals surface area contributed by atoms with Crippen molar-refractivity contribution in [3.05, 3.63) is 60.4 Å². The SMILES string of the molecule is CC(C)[Si](C(C)C)(C(C)C)N1C=CC(c2ccccc2)(C(C)(C)C)C=C1. The van der Waals surface area contributed by atoms with Crippen LogP contribution in [0.2, 0.25) is 16.6 Å². The van der Waals surface area contributed by atoms with E-state index in [1.165, 1.54) is 5.56 Å². The number of benzene rings is 1. The van der Waals surface area contributed by atoms with E-state index >= 15 is 0 Å². The lowest BCUT2D eigenvalue weighted by Gasteiger charge is -2.52. The fourth-order valence-electron chi connectivity index (χ4n) is 5.49. The van der Waals surface area contributed by atoms with Gasteiger partial charge in [0.1, 0.15) is 0 Å². The van der Waals surface area contributed by atoms with Crippen molar-refractivity contribution in [2.45, 2.75) is 84.4 Å². The Labute approximate surface area is 163 Å². The minimum absolute atomic E-state index is 0.0597. The summed E-state index contributed by atoms with van der Waals surface area (Å²) in [7, 11) is -1.69. The van der Waals surface area contributed by atoms with E-state index in [0.717, 1.165) is 0 Å². The lowest BCUT2D eigenvalue weighted by Crippen LogP contribution is -2.57. The minimum Gasteiger partial charge on any atom is -0.380 e. The summed E-state index contributed by atoms with van der Waals surface area (Å²) in [6, 6.07) is 11.0. The van der Waals surface area contributed by atoms with Gasteiger partial charge in [-0.15, -0.1) is 0 Å². The van der Waals surface area contributed by atoms with Crippen LogP contribution in [0.5, 0.6) is 0 Å². The first-order valence-electron chi connectivity index (χ1n) is 10.2. The van der Waals surface area contributed by atoms with Crippen LogP contribution in [0.15, 0.2) is 54.9 Å². The highest BCUT2D eigenvalue weighted by atomic mass is 28.3. The molecule has 0 atom stereocenters. The van der Waals surface area contributed by atoms with Crippen LogP contribution in [0.4, 0.5) is 0 Å². The molecule has 0 unspecified atom stereocenters. The van der Waals surface area contributed by atoms with Crippen molar-refractivity contribution >= 4 is 8.24 Å². The predicted octanol–water partition coefficient (Wildman–Crippen LogP) is 7.49. The van der Waals surface area contributed by atoms with E-state index in [1.807, 2.05) is 0 Å². The van der Waals surface area contributed by atoms with E-state index in [0.29, 0.717) is 16.6 Å². The third-order valence-corrected chi connectivity index (χ3v) is 13.5. The van der Waals surface area contributed by atoms with Gasteiger partial charge in [-0.2, -0.15) is 0 Å². The van der Waals surface area contributed by atoms with Crippen LogP contribution < -0.4 is 0 Å².